The molecule has 0 bridgehead atoms. The number of aliphatic hydroxyl groups excluding tert-OH is 1. The number of aliphatic hydroxyl groups is 1. The van der Waals surface area contributed by atoms with Gasteiger partial charge in [0, 0.05) is 12.0 Å². The van der Waals surface area contributed by atoms with Gasteiger partial charge in [-0.3, -0.25) is 14.5 Å². The number of ketones is 1. The fourth-order valence-corrected chi connectivity index (χ4v) is 4.93. The van der Waals surface area contributed by atoms with Gasteiger partial charge in [0.15, 0.2) is 0 Å². The standard InChI is InChI=1S/C31H23NO6/c33-25-12-5-4-11-24(25)32-28(20-7-6-10-23(18-20)38-22-8-2-1-3-9-22)27(30(35)31(32)36)29(34)21-13-14-26-19(17-21)15-16-37-26/h1-14,17-18,28,33-34H,15-16H2/b29-27-. The van der Waals surface area contributed by atoms with Crippen molar-refractivity contribution in [1.82, 2.24) is 0 Å². The van der Waals surface area contributed by atoms with Gasteiger partial charge in [-0.2, -0.15) is 0 Å². The Bertz CT molecular complexity index is 1590. The van der Waals surface area contributed by atoms with E-state index in [9.17, 15) is 19.8 Å². The molecule has 1 fully saturated rings. The first-order chi connectivity index (χ1) is 18.5. The Hall–Kier alpha value is -5.04. The van der Waals surface area contributed by atoms with Crippen molar-refractivity contribution in [3.05, 3.63) is 119 Å². The van der Waals surface area contributed by atoms with Crippen LogP contribution in [0.3, 0.4) is 0 Å². The molecule has 188 valence electrons. The van der Waals surface area contributed by atoms with Crippen LogP contribution in [0.5, 0.6) is 23.0 Å². The van der Waals surface area contributed by atoms with Crippen LogP contribution in [-0.4, -0.2) is 28.5 Å². The topological polar surface area (TPSA) is 96.3 Å². The SMILES string of the molecule is O=C1C(=O)N(c2ccccc2O)C(c2cccc(Oc3ccccc3)c2)/C1=C(/O)c1ccc2c(c1)CCO2. The molecule has 1 saturated heterocycles. The predicted molar refractivity (Wildman–Crippen MR) is 141 cm³/mol. The minimum absolute atomic E-state index is 0.0750. The first-order valence-corrected chi connectivity index (χ1v) is 12.2. The molecule has 4 aromatic rings. The molecule has 0 aromatic heterocycles. The number of hydrogen-bond acceptors (Lipinski definition) is 6. The molecular weight excluding hydrogens is 482 g/mol. The number of anilines is 1. The maximum Gasteiger partial charge on any atom is 0.300 e. The molecule has 2 aliphatic heterocycles. The second-order valence-corrected chi connectivity index (χ2v) is 9.07. The monoisotopic (exact) mass is 505 g/mol. The molecule has 2 N–H and O–H groups in total. The fraction of sp³-hybridized carbons (Fsp3) is 0.0968. The third kappa shape index (κ3) is 4.04. The Labute approximate surface area is 218 Å². The van der Waals surface area contributed by atoms with Crippen LogP contribution >= 0.6 is 0 Å². The molecule has 6 rings (SSSR count). The summed E-state index contributed by atoms with van der Waals surface area (Å²) in [6.07, 6.45) is 0.685. The Kier molecular flexibility index (Phi) is 5.81. The summed E-state index contributed by atoms with van der Waals surface area (Å²) in [6.45, 7) is 0.547. The van der Waals surface area contributed by atoms with E-state index in [0.717, 1.165) is 11.3 Å². The van der Waals surface area contributed by atoms with Gasteiger partial charge in [0.1, 0.15) is 28.8 Å². The van der Waals surface area contributed by atoms with E-state index in [1.165, 1.54) is 11.0 Å². The van der Waals surface area contributed by atoms with Gasteiger partial charge in [0.2, 0.25) is 0 Å². The zero-order valence-electron chi connectivity index (χ0n) is 20.2. The van der Waals surface area contributed by atoms with Crippen LogP contribution < -0.4 is 14.4 Å². The highest BCUT2D eigenvalue weighted by Crippen LogP contribution is 2.45. The van der Waals surface area contributed by atoms with E-state index < -0.39 is 17.7 Å². The molecule has 2 aliphatic rings. The second-order valence-electron chi connectivity index (χ2n) is 9.07. The van der Waals surface area contributed by atoms with E-state index in [-0.39, 0.29) is 22.8 Å². The van der Waals surface area contributed by atoms with E-state index in [4.69, 9.17) is 9.47 Å². The minimum atomic E-state index is -1.01. The highest BCUT2D eigenvalue weighted by Gasteiger charge is 2.47. The van der Waals surface area contributed by atoms with Crippen LogP contribution in [0.1, 0.15) is 22.7 Å². The number of aromatic hydroxyl groups is 1. The normalized spacial score (nSPS) is 17.8. The van der Waals surface area contributed by atoms with Gasteiger partial charge >= 0.3 is 0 Å². The van der Waals surface area contributed by atoms with Gasteiger partial charge in [0.25, 0.3) is 11.7 Å². The second kappa shape index (κ2) is 9.44. The quantitative estimate of drug-likeness (QED) is 0.204. The number of rotatable bonds is 5. The van der Waals surface area contributed by atoms with Crippen LogP contribution in [0.25, 0.3) is 5.76 Å². The van der Waals surface area contributed by atoms with E-state index in [1.54, 1.807) is 60.7 Å². The number of benzene rings is 4. The van der Waals surface area contributed by atoms with Gasteiger partial charge in [-0.05, 0) is 65.7 Å². The molecule has 0 aliphatic carbocycles. The molecule has 1 unspecified atom stereocenters. The summed E-state index contributed by atoms with van der Waals surface area (Å²) in [5.41, 5.74) is 1.95. The smallest absolute Gasteiger partial charge is 0.300 e. The predicted octanol–water partition coefficient (Wildman–Crippen LogP) is 5.75. The molecule has 38 heavy (non-hydrogen) atoms. The minimum Gasteiger partial charge on any atom is -0.507 e. The summed E-state index contributed by atoms with van der Waals surface area (Å²) in [5.74, 6) is -0.301. The van der Waals surface area contributed by atoms with Crippen molar-refractivity contribution < 1.29 is 29.3 Å². The van der Waals surface area contributed by atoms with Crippen molar-refractivity contribution in [2.75, 3.05) is 11.5 Å². The van der Waals surface area contributed by atoms with Crippen LogP contribution in [0.4, 0.5) is 5.69 Å². The first kappa shape index (κ1) is 23.4. The van der Waals surface area contributed by atoms with E-state index in [0.29, 0.717) is 35.7 Å². The highest BCUT2D eigenvalue weighted by molar-refractivity contribution is 6.51. The number of hydrogen-bond donors (Lipinski definition) is 2. The molecular formula is C31H23NO6. The van der Waals surface area contributed by atoms with Crippen molar-refractivity contribution in [3.8, 4) is 23.0 Å². The van der Waals surface area contributed by atoms with Crippen LogP contribution in [-0.2, 0) is 16.0 Å². The third-order valence-electron chi connectivity index (χ3n) is 6.70. The summed E-state index contributed by atoms with van der Waals surface area (Å²) < 4.78 is 11.6. The number of Topliss-reactive ketones (excluding diaryl/α,β-unsaturated/α-hetero) is 1. The molecule has 4 aromatic carbocycles. The maximum absolute atomic E-state index is 13.5. The van der Waals surface area contributed by atoms with Crippen molar-refractivity contribution >= 4 is 23.1 Å². The summed E-state index contributed by atoms with van der Waals surface area (Å²) in [5, 5.41) is 22.1. The van der Waals surface area contributed by atoms with Crippen molar-refractivity contribution in [3.63, 3.8) is 0 Å². The van der Waals surface area contributed by atoms with Gasteiger partial charge in [-0.25, -0.2) is 0 Å². The fourth-order valence-electron chi connectivity index (χ4n) is 4.93. The molecule has 1 atom stereocenters. The zero-order valence-corrected chi connectivity index (χ0v) is 20.2. The highest BCUT2D eigenvalue weighted by atomic mass is 16.5. The van der Waals surface area contributed by atoms with Crippen LogP contribution in [0, 0.1) is 0 Å². The van der Waals surface area contributed by atoms with Crippen molar-refractivity contribution in [2.45, 2.75) is 12.5 Å². The summed E-state index contributed by atoms with van der Waals surface area (Å²) in [7, 11) is 0. The summed E-state index contributed by atoms with van der Waals surface area (Å²) in [6, 6.07) is 26.7. The number of ether oxygens (including phenoxy) is 2. The van der Waals surface area contributed by atoms with Crippen LogP contribution in [0.2, 0.25) is 0 Å². The number of nitrogens with zero attached hydrogens (tertiary/aromatic N) is 1. The molecule has 1 amide bonds. The number of carbonyl (C=O) groups excluding carboxylic acids is 2. The zero-order chi connectivity index (χ0) is 26.2. The lowest BCUT2D eigenvalue weighted by atomic mass is 9.94. The number of phenols is 1. The number of phenolic OH excluding ortho intramolecular Hbond substituents is 1. The van der Waals surface area contributed by atoms with Gasteiger partial charge in [-0.15, -0.1) is 0 Å². The van der Waals surface area contributed by atoms with Gasteiger partial charge in [-0.1, -0.05) is 42.5 Å². The van der Waals surface area contributed by atoms with Crippen molar-refractivity contribution in [2.24, 2.45) is 0 Å². The Balaban J connectivity index is 1.51. The average molecular weight is 506 g/mol. The summed E-state index contributed by atoms with van der Waals surface area (Å²) >= 11 is 0. The third-order valence-corrected chi connectivity index (χ3v) is 6.70. The molecule has 0 spiro atoms. The lowest BCUT2D eigenvalue weighted by Crippen LogP contribution is -2.29. The molecule has 7 nitrogen and oxygen atoms in total. The van der Waals surface area contributed by atoms with E-state index in [2.05, 4.69) is 0 Å². The van der Waals surface area contributed by atoms with Crippen molar-refractivity contribution in [1.29, 1.82) is 0 Å². The molecule has 0 saturated carbocycles. The average Bonchev–Trinajstić information content (AvgIpc) is 3.51. The molecule has 0 radical (unpaired) electrons. The molecule has 2 heterocycles. The Morgan fingerprint density at radius 3 is 2.45 bits per heavy atom. The van der Waals surface area contributed by atoms with Gasteiger partial charge < -0.3 is 19.7 Å². The lowest BCUT2D eigenvalue weighted by molar-refractivity contribution is -0.132. The molecule has 7 heteroatoms. The Morgan fingerprint density at radius 1 is 0.868 bits per heavy atom. The number of carbonyl (C=O) groups is 2. The number of para-hydroxylation sites is 3. The van der Waals surface area contributed by atoms with E-state index >= 15 is 0 Å². The maximum atomic E-state index is 13.5. The number of amides is 1. The largest absolute Gasteiger partial charge is 0.507 e. The van der Waals surface area contributed by atoms with Gasteiger partial charge in [0.05, 0.1) is 23.9 Å². The van der Waals surface area contributed by atoms with Crippen LogP contribution in [0.15, 0.2) is 103 Å². The lowest BCUT2D eigenvalue weighted by Gasteiger charge is -2.26. The summed E-state index contributed by atoms with van der Waals surface area (Å²) in [4.78, 5) is 28.1. The first-order valence-electron chi connectivity index (χ1n) is 12.2. The number of fused-ring (bicyclic) bond motifs is 1. The van der Waals surface area contributed by atoms with E-state index in [1.807, 2.05) is 30.3 Å². The Morgan fingerprint density at radius 2 is 1.63 bits per heavy atom.